The van der Waals surface area contributed by atoms with Gasteiger partial charge in [0.1, 0.15) is 0 Å². The van der Waals surface area contributed by atoms with Crippen LogP contribution in [0.15, 0.2) is 24.3 Å². The molecule has 25 heavy (non-hydrogen) atoms. The number of rotatable bonds is 5. The molecule has 0 saturated heterocycles. The molecule has 10 heteroatoms. The van der Waals surface area contributed by atoms with Crippen LogP contribution < -0.4 is 5.32 Å². The molecule has 0 aliphatic rings. The van der Waals surface area contributed by atoms with Gasteiger partial charge in [0.25, 0.3) is 5.95 Å². The summed E-state index contributed by atoms with van der Waals surface area (Å²) in [6.45, 7) is 3.87. The molecule has 0 fully saturated rings. The number of carbonyl (C=O) groups is 1. The molecule has 0 spiro atoms. The standard InChI is InChI=1S/C15H13Cl2N7O/c1-8-3-5-10(6-4-8)7-18-12-11(9(2)25)22-23-24(12)15-20-13(16)19-14(17)21-15/h3-6,18H,7H2,1-2H3. The first-order valence-electron chi connectivity index (χ1n) is 7.27. The molecule has 3 rings (SSSR count). The summed E-state index contributed by atoms with van der Waals surface area (Å²) < 4.78 is 1.27. The quantitative estimate of drug-likeness (QED) is 0.682. The molecule has 0 saturated carbocycles. The van der Waals surface area contributed by atoms with Crippen molar-refractivity contribution in [2.75, 3.05) is 5.32 Å². The average Bonchev–Trinajstić information content (AvgIpc) is 2.97. The maximum absolute atomic E-state index is 11.8. The summed E-state index contributed by atoms with van der Waals surface area (Å²) >= 11 is 11.6. The smallest absolute Gasteiger partial charge is 0.259 e. The lowest BCUT2D eigenvalue weighted by molar-refractivity contribution is 0.101. The number of nitrogens with one attached hydrogen (secondary N) is 1. The predicted molar refractivity (Wildman–Crippen MR) is 93.3 cm³/mol. The monoisotopic (exact) mass is 377 g/mol. The van der Waals surface area contributed by atoms with Crippen LogP contribution in [0, 0.1) is 6.92 Å². The van der Waals surface area contributed by atoms with Crippen LogP contribution in [0.25, 0.3) is 5.95 Å². The predicted octanol–water partition coefficient (Wildman–Crippen LogP) is 2.88. The van der Waals surface area contributed by atoms with Gasteiger partial charge in [-0.25, -0.2) is 0 Å². The van der Waals surface area contributed by atoms with Crippen LogP contribution in [-0.2, 0) is 6.54 Å². The number of halogens is 2. The van der Waals surface area contributed by atoms with E-state index in [1.807, 2.05) is 31.2 Å². The Hall–Kier alpha value is -2.58. The number of aromatic nitrogens is 6. The molecule has 0 radical (unpaired) electrons. The fourth-order valence-electron chi connectivity index (χ4n) is 2.12. The van der Waals surface area contributed by atoms with E-state index in [2.05, 4.69) is 30.6 Å². The van der Waals surface area contributed by atoms with Gasteiger partial charge in [0.05, 0.1) is 0 Å². The summed E-state index contributed by atoms with van der Waals surface area (Å²) in [6, 6.07) is 7.98. The van der Waals surface area contributed by atoms with Crippen molar-refractivity contribution < 1.29 is 4.79 Å². The molecule has 128 valence electrons. The number of Topliss-reactive ketones (excluding diaryl/α,β-unsaturated/α-hetero) is 1. The Morgan fingerprint density at radius 2 is 1.76 bits per heavy atom. The Morgan fingerprint density at radius 3 is 2.36 bits per heavy atom. The molecule has 1 aromatic carbocycles. The van der Waals surface area contributed by atoms with Crippen molar-refractivity contribution in [1.82, 2.24) is 29.9 Å². The lowest BCUT2D eigenvalue weighted by Gasteiger charge is -2.09. The van der Waals surface area contributed by atoms with Gasteiger partial charge in [-0.1, -0.05) is 35.0 Å². The Morgan fingerprint density at radius 1 is 1.12 bits per heavy atom. The molecule has 8 nitrogen and oxygen atoms in total. The van der Waals surface area contributed by atoms with E-state index in [4.69, 9.17) is 23.2 Å². The van der Waals surface area contributed by atoms with Crippen molar-refractivity contribution >= 4 is 34.8 Å². The summed E-state index contributed by atoms with van der Waals surface area (Å²) in [5.74, 6) is 0.173. The number of ketones is 1. The zero-order valence-electron chi connectivity index (χ0n) is 13.4. The van der Waals surface area contributed by atoms with E-state index in [0.29, 0.717) is 12.4 Å². The van der Waals surface area contributed by atoms with Crippen molar-refractivity contribution in [2.24, 2.45) is 0 Å². The second-order valence-corrected chi connectivity index (χ2v) is 5.94. The van der Waals surface area contributed by atoms with Crippen molar-refractivity contribution in [3.63, 3.8) is 0 Å². The molecule has 0 aliphatic carbocycles. The van der Waals surface area contributed by atoms with E-state index in [1.165, 1.54) is 11.6 Å². The molecule has 0 amide bonds. The second kappa shape index (κ2) is 7.12. The number of nitrogens with zero attached hydrogens (tertiary/aromatic N) is 6. The highest BCUT2D eigenvalue weighted by Crippen LogP contribution is 2.19. The SMILES string of the molecule is CC(=O)c1nnn(-c2nc(Cl)nc(Cl)n2)c1NCc1ccc(C)cc1. The topological polar surface area (TPSA) is 98.5 Å². The van der Waals surface area contributed by atoms with E-state index in [9.17, 15) is 4.79 Å². The Bertz CT molecular complexity index is 904. The zero-order valence-corrected chi connectivity index (χ0v) is 14.9. The summed E-state index contributed by atoms with van der Waals surface area (Å²) in [5, 5.41) is 10.8. The maximum Gasteiger partial charge on any atom is 0.259 e. The van der Waals surface area contributed by atoms with Gasteiger partial charge < -0.3 is 5.32 Å². The van der Waals surface area contributed by atoms with Gasteiger partial charge >= 0.3 is 0 Å². The molecule has 1 N–H and O–H groups in total. The first kappa shape index (κ1) is 17.2. The minimum Gasteiger partial charge on any atom is -0.364 e. The molecular formula is C15H13Cl2N7O. The number of hydrogen-bond donors (Lipinski definition) is 1. The minimum atomic E-state index is -0.246. The van der Waals surface area contributed by atoms with Crippen molar-refractivity contribution in [3.8, 4) is 5.95 Å². The Kier molecular flexibility index (Phi) is 4.91. The fourth-order valence-corrected chi connectivity index (χ4v) is 2.47. The van der Waals surface area contributed by atoms with Gasteiger partial charge in [-0.2, -0.15) is 19.6 Å². The molecule has 3 aromatic rings. The first-order valence-corrected chi connectivity index (χ1v) is 8.03. The average molecular weight is 378 g/mol. The highest BCUT2D eigenvalue weighted by molar-refractivity contribution is 6.31. The van der Waals surface area contributed by atoms with E-state index in [0.717, 1.165) is 11.1 Å². The van der Waals surface area contributed by atoms with Crippen LogP contribution in [0.2, 0.25) is 10.6 Å². The summed E-state index contributed by atoms with van der Waals surface area (Å²) in [4.78, 5) is 23.5. The molecule has 2 aromatic heterocycles. The van der Waals surface area contributed by atoms with Crippen LogP contribution >= 0.6 is 23.2 Å². The largest absolute Gasteiger partial charge is 0.364 e. The lowest BCUT2D eigenvalue weighted by atomic mass is 10.1. The Labute approximate surface area is 153 Å². The number of carbonyl (C=O) groups excluding carboxylic acids is 1. The van der Waals surface area contributed by atoms with E-state index in [-0.39, 0.29) is 28.0 Å². The molecular weight excluding hydrogens is 365 g/mol. The van der Waals surface area contributed by atoms with Crippen LogP contribution in [0.3, 0.4) is 0 Å². The normalized spacial score (nSPS) is 10.7. The van der Waals surface area contributed by atoms with Crippen molar-refractivity contribution in [2.45, 2.75) is 20.4 Å². The van der Waals surface area contributed by atoms with Crippen molar-refractivity contribution in [1.29, 1.82) is 0 Å². The lowest BCUT2D eigenvalue weighted by Crippen LogP contribution is -2.12. The van der Waals surface area contributed by atoms with E-state index < -0.39 is 0 Å². The fraction of sp³-hybridized carbons (Fsp3) is 0.200. The Balaban J connectivity index is 1.97. The molecule has 0 atom stereocenters. The third-order valence-electron chi connectivity index (χ3n) is 3.34. The molecule has 2 heterocycles. The van der Waals surface area contributed by atoms with Gasteiger partial charge in [-0.15, -0.1) is 5.10 Å². The van der Waals surface area contributed by atoms with Crippen LogP contribution in [0.4, 0.5) is 5.82 Å². The van der Waals surface area contributed by atoms with E-state index >= 15 is 0 Å². The zero-order chi connectivity index (χ0) is 18.0. The maximum atomic E-state index is 11.8. The molecule has 0 unspecified atom stereocenters. The highest BCUT2D eigenvalue weighted by Gasteiger charge is 2.20. The van der Waals surface area contributed by atoms with Gasteiger partial charge in [0, 0.05) is 13.5 Å². The first-order chi connectivity index (χ1) is 11.9. The highest BCUT2D eigenvalue weighted by atomic mass is 35.5. The molecule has 0 bridgehead atoms. The summed E-state index contributed by atoms with van der Waals surface area (Å²) in [7, 11) is 0. The summed E-state index contributed by atoms with van der Waals surface area (Å²) in [6.07, 6.45) is 0. The summed E-state index contributed by atoms with van der Waals surface area (Å²) in [5.41, 5.74) is 2.36. The van der Waals surface area contributed by atoms with Crippen LogP contribution in [0.1, 0.15) is 28.5 Å². The van der Waals surface area contributed by atoms with E-state index in [1.54, 1.807) is 0 Å². The van der Waals surface area contributed by atoms with Gasteiger partial charge in [0.15, 0.2) is 17.3 Å². The second-order valence-electron chi connectivity index (χ2n) is 5.27. The number of hydrogen-bond acceptors (Lipinski definition) is 7. The van der Waals surface area contributed by atoms with Crippen LogP contribution in [0.5, 0.6) is 0 Å². The number of benzene rings is 1. The number of anilines is 1. The minimum absolute atomic E-state index is 0.0661. The number of aryl methyl sites for hydroxylation is 1. The third kappa shape index (κ3) is 3.92. The molecule has 0 aliphatic heterocycles. The van der Waals surface area contributed by atoms with Crippen molar-refractivity contribution in [3.05, 3.63) is 51.7 Å². The van der Waals surface area contributed by atoms with Gasteiger partial charge in [-0.3, -0.25) is 4.79 Å². The third-order valence-corrected chi connectivity index (χ3v) is 3.68. The van der Waals surface area contributed by atoms with Gasteiger partial charge in [0.2, 0.25) is 10.6 Å². The van der Waals surface area contributed by atoms with Gasteiger partial charge in [-0.05, 0) is 35.7 Å². The van der Waals surface area contributed by atoms with Crippen LogP contribution in [-0.4, -0.2) is 35.7 Å².